The summed E-state index contributed by atoms with van der Waals surface area (Å²) in [5.41, 5.74) is 0. The molecule has 0 N–H and O–H groups in total. The molecule has 0 heterocycles. The number of hydrogen-bond acceptors (Lipinski definition) is 1. The first-order valence-electron chi connectivity index (χ1n) is 3.68. The van der Waals surface area contributed by atoms with E-state index in [1.165, 1.54) is 17.1 Å². The molecule has 0 bridgehead atoms. The first-order chi connectivity index (χ1) is 4.26. The van der Waals surface area contributed by atoms with Gasteiger partial charge in [0.2, 0.25) is 0 Å². The highest BCUT2D eigenvalue weighted by Gasteiger charge is 2.18. The van der Waals surface area contributed by atoms with E-state index in [4.69, 9.17) is 0 Å². The molecule has 0 spiro atoms. The Kier molecular flexibility index (Phi) is 6.78. The van der Waals surface area contributed by atoms with E-state index in [2.05, 4.69) is 45.7 Å². The summed E-state index contributed by atoms with van der Waals surface area (Å²) in [5.74, 6) is 0. The van der Waals surface area contributed by atoms with Crippen molar-refractivity contribution in [3.8, 4) is 0 Å². The van der Waals surface area contributed by atoms with Gasteiger partial charge in [-0.05, 0) is 29.4 Å². The summed E-state index contributed by atoms with van der Waals surface area (Å²) in [5, 5.41) is 2.82. The molecule has 0 aliphatic heterocycles. The van der Waals surface area contributed by atoms with E-state index in [1.54, 1.807) is 0 Å². The number of hydrogen-bond donors (Lipinski definition) is 0. The van der Waals surface area contributed by atoms with E-state index in [0.717, 1.165) is 0 Å². The molecule has 9 heavy (non-hydrogen) atoms. The molecule has 0 aromatic carbocycles. The summed E-state index contributed by atoms with van der Waals surface area (Å²) in [4.78, 5) is 0. The molecule has 0 saturated carbocycles. The molecule has 0 aromatic heterocycles. The lowest BCUT2D eigenvalue weighted by atomic mass is 10.8. The van der Waals surface area contributed by atoms with Gasteiger partial charge in [-0.25, -0.2) is 0 Å². The lowest BCUT2D eigenvalue weighted by molar-refractivity contribution is 0.769. The first kappa shape index (κ1) is 10.2. The topological polar surface area (TPSA) is 3.24 Å². The van der Waals surface area contributed by atoms with Gasteiger partial charge in [0.15, 0.2) is 0 Å². The second kappa shape index (κ2) is 5.97. The van der Waals surface area contributed by atoms with Crippen LogP contribution in [0, 0.1) is 0 Å². The van der Waals surface area contributed by atoms with Gasteiger partial charge in [-0.2, -0.15) is 0 Å². The third-order valence-corrected chi connectivity index (χ3v) is 7.73. The Morgan fingerprint density at radius 1 is 1.22 bits per heavy atom. The molecule has 0 unspecified atom stereocenters. The third kappa shape index (κ3) is 3.82. The first-order valence-corrected chi connectivity index (χ1v) is 6.80. The molecule has 0 saturated heterocycles. The van der Waals surface area contributed by atoms with E-state index in [-0.39, 0.29) is 0 Å². The zero-order chi connectivity index (χ0) is 7.28. The van der Waals surface area contributed by atoms with Crippen LogP contribution in [0.5, 0.6) is 0 Å². The van der Waals surface area contributed by atoms with Crippen LogP contribution >= 0.6 is 22.9 Å². The maximum Gasteiger partial charge on any atom is 0.383 e. The molecule has 0 amide bonds. The third-order valence-electron chi connectivity index (χ3n) is 1.64. The van der Waals surface area contributed by atoms with Crippen LogP contribution in [0.3, 0.4) is 0 Å². The van der Waals surface area contributed by atoms with Crippen LogP contribution in [0.1, 0.15) is 20.8 Å². The van der Waals surface area contributed by atoms with E-state index in [9.17, 15) is 0 Å². The number of rotatable bonds is 4. The van der Waals surface area contributed by atoms with Crippen LogP contribution in [-0.2, 0) is 0 Å². The molecule has 0 aromatic rings. The second-order valence-electron chi connectivity index (χ2n) is 2.19. The molecular formula is C6H15AlIN. The van der Waals surface area contributed by atoms with Crippen molar-refractivity contribution < 1.29 is 0 Å². The van der Waals surface area contributed by atoms with Gasteiger partial charge in [0, 0.05) is 0 Å². The van der Waals surface area contributed by atoms with Crippen LogP contribution in [0.2, 0.25) is 10.6 Å². The molecule has 1 nitrogen and oxygen atoms in total. The minimum Gasteiger partial charge on any atom is -0.328 e. The second-order valence-corrected chi connectivity index (χ2v) is 8.04. The van der Waals surface area contributed by atoms with Crippen molar-refractivity contribution in [1.29, 1.82) is 0 Å². The minimum atomic E-state index is -0.466. The smallest absolute Gasteiger partial charge is 0.328 e. The van der Waals surface area contributed by atoms with Gasteiger partial charge in [-0.15, -0.1) is 0 Å². The van der Waals surface area contributed by atoms with Gasteiger partial charge in [-0.3, -0.25) is 0 Å². The summed E-state index contributed by atoms with van der Waals surface area (Å²) in [6.45, 7) is 8.07. The Labute approximate surface area is 76.9 Å². The van der Waals surface area contributed by atoms with Crippen molar-refractivity contribution in [3.63, 3.8) is 0 Å². The zero-order valence-corrected chi connectivity index (χ0v) is 9.84. The Morgan fingerprint density at radius 2 is 1.67 bits per heavy atom. The van der Waals surface area contributed by atoms with Crippen LogP contribution < -0.4 is 0 Å². The van der Waals surface area contributed by atoms with Crippen LogP contribution in [0.25, 0.3) is 0 Å². The molecule has 0 rings (SSSR count). The maximum absolute atomic E-state index is 2.51. The average molecular weight is 255 g/mol. The Hall–Kier alpha value is 1.22. The standard InChI is InChI=1S/C2H5IN.2C2H5.Al/c1-2-4-3;2*1-2;/h2H2,1H3;2*1H2,2H3;/q-1;;;+1. The van der Waals surface area contributed by atoms with Crippen molar-refractivity contribution in [3.05, 3.63) is 0 Å². The fraction of sp³-hybridized carbons (Fsp3) is 1.00. The molecular weight excluding hydrogens is 240 g/mol. The summed E-state index contributed by atoms with van der Waals surface area (Å²) in [6, 6.07) is 0. The van der Waals surface area contributed by atoms with Gasteiger partial charge in [0.25, 0.3) is 0 Å². The number of halogens is 1. The van der Waals surface area contributed by atoms with Crippen molar-refractivity contribution >= 4 is 37.2 Å². The SMILES string of the molecule is CC[N](I)[Al]([CH2]C)[CH2]C. The predicted octanol–water partition coefficient (Wildman–Crippen LogP) is 2.69. The van der Waals surface area contributed by atoms with Crippen molar-refractivity contribution in [2.24, 2.45) is 0 Å². The lowest BCUT2D eigenvalue weighted by Crippen LogP contribution is -2.29. The molecule has 3 heteroatoms. The summed E-state index contributed by atoms with van der Waals surface area (Å²) in [7, 11) is 0. The van der Waals surface area contributed by atoms with Crippen molar-refractivity contribution in [2.45, 2.75) is 31.3 Å². The predicted molar refractivity (Wildman–Crippen MR) is 53.1 cm³/mol. The van der Waals surface area contributed by atoms with Gasteiger partial charge in [0.1, 0.15) is 0 Å². The van der Waals surface area contributed by atoms with Gasteiger partial charge >= 0.3 is 14.4 Å². The highest BCUT2D eigenvalue weighted by molar-refractivity contribution is 14.1. The van der Waals surface area contributed by atoms with E-state index in [1.807, 2.05) is 0 Å². The largest absolute Gasteiger partial charge is 0.383 e. The number of nitrogens with zero attached hydrogens (tertiary/aromatic N) is 1. The van der Waals surface area contributed by atoms with Gasteiger partial charge in [0.05, 0.1) is 0 Å². The van der Waals surface area contributed by atoms with Crippen molar-refractivity contribution in [2.75, 3.05) is 6.54 Å². The normalized spacial score (nSPS) is 10.3. The summed E-state index contributed by atoms with van der Waals surface area (Å²) in [6.07, 6.45) is 0. The Balaban J connectivity index is 3.50. The lowest BCUT2D eigenvalue weighted by Gasteiger charge is -2.16. The van der Waals surface area contributed by atoms with Crippen LogP contribution in [-0.4, -0.2) is 23.0 Å². The maximum atomic E-state index is 2.51. The fourth-order valence-electron chi connectivity index (χ4n) is 0.943. The molecule has 0 atom stereocenters. The highest BCUT2D eigenvalue weighted by atomic mass is 127. The quantitative estimate of drug-likeness (QED) is 0.424. The molecule has 0 radical (unpaired) electrons. The fourth-order valence-corrected chi connectivity index (χ4v) is 5.19. The van der Waals surface area contributed by atoms with Crippen LogP contribution in [0.4, 0.5) is 0 Å². The summed E-state index contributed by atoms with van der Waals surface area (Å²) < 4.78 is 2.51. The molecule has 0 aliphatic carbocycles. The zero-order valence-electron chi connectivity index (χ0n) is 6.52. The van der Waals surface area contributed by atoms with E-state index < -0.39 is 14.4 Å². The molecule has 0 aliphatic rings. The monoisotopic (exact) mass is 255 g/mol. The highest BCUT2D eigenvalue weighted by Crippen LogP contribution is 2.09. The Bertz CT molecular complexity index is 66.1. The van der Waals surface area contributed by atoms with Crippen LogP contribution in [0.15, 0.2) is 0 Å². The molecule has 0 fully saturated rings. The average Bonchev–Trinajstić information content (AvgIpc) is 1.90. The van der Waals surface area contributed by atoms with Crippen molar-refractivity contribution in [1.82, 2.24) is 2.10 Å². The Morgan fingerprint density at radius 3 is 1.78 bits per heavy atom. The minimum absolute atomic E-state index is 0.466. The van der Waals surface area contributed by atoms with E-state index in [0.29, 0.717) is 0 Å². The van der Waals surface area contributed by atoms with Gasteiger partial charge in [-0.1, -0.05) is 31.3 Å². The van der Waals surface area contributed by atoms with E-state index >= 15 is 0 Å². The van der Waals surface area contributed by atoms with Gasteiger partial charge < -0.3 is 2.10 Å². The summed E-state index contributed by atoms with van der Waals surface area (Å²) >= 11 is 2.00. The molecule has 54 valence electrons.